The molecular weight excluding hydrogens is 242 g/mol. The maximum Gasteiger partial charge on any atom is 0.286 e. The van der Waals surface area contributed by atoms with Gasteiger partial charge in [0.25, 0.3) is 5.24 Å². The molecule has 0 bridgehead atoms. The van der Waals surface area contributed by atoms with Crippen molar-refractivity contribution in [1.82, 2.24) is 5.32 Å². The maximum absolute atomic E-state index is 11.4. The van der Waals surface area contributed by atoms with Gasteiger partial charge in [-0.15, -0.1) is 0 Å². The van der Waals surface area contributed by atoms with Gasteiger partial charge in [-0.25, -0.2) is 0 Å². The molecule has 0 aromatic heterocycles. The van der Waals surface area contributed by atoms with Crippen LogP contribution >= 0.6 is 11.8 Å². The molecule has 1 aliphatic heterocycles. The van der Waals surface area contributed by atoms with Crippen LogP contribution in [0.1, 0.15) is 17.4 Å². The highest BCUT2D eigenvalue weighted by Gasteiger charge is 2.31. The zero-order valence-corrected chi connectivity index (χ0v) is 9.61. The lowest BCUT2D eigenvalue weighted by Gasteiger charge is -2.08. The summed E-state index contributed by atoms with van der Waals surface area (Å²) in [5, 5.41) is 19.5. The highest BCUT2D eigenvalue weighted by Crippen LogP contribution is 2.23. The van der Waals surface area contributed by atoms with E-state index >= 15 is 0 Å². The minimum Gasteiger partial charge on any atom is -0.364 e. The summed E-state index contributed by atoms with van der Waals surface area (Å²) < 4.78 is 0. The van der Waals surface area contributed by atoms with E-state index in [0.29, 0.717) is 12.0 Å². The second-order valence-electron chi connectivity index (χ2n) is 3.71. The summed E-state index contributed by atoms with van der Waals surface area (Å²) >= 11 is 0.958. The van der Waals surface area contributed by atoms with Crippen molar-refractivity contribution in [3.8, 4) is 0 Å². The van der Waals surface area contributed by atoms with Gasteiger partial charge in [0.05, 0.1) is 5.25 Å². The third-order valence-corrected chi connectivity index (χ3v) is 3.42. The van der Waals surface area contributed by atoms with E-state index in [1.54, 1.807) is 24.3 Å². The average molecular weight is 253 g/mol. The summed E-state index contributed by atoms with van der Waals surface area (Å²) in [6, 6.07) is 6.66. The molecule has 1 fully saturated rings. The Kier molecular flexibility index (Phi) is 3.46. The highest BCUT2D eigenvalue weighted by atomic mass is 32.2. The Bertz CT molecular complexity index is 461. The van der Waals surface area contributed by atoms with Gasteiger partial charge in [-0.2, -0.15) is 0 Å². The Balaban J connectivity index is 2.11. The van der Waals surface area contributed by atoms with E-state index in [9.17, 15) is 9.59 Å². The van der Waals surface area contributed by atoms with Crippen molar-refractivity contribution in [3.05, 3.63) is 35.4 Å². The number of rotatable bonds is 3. The number of carbonyl (C=O) groups excluding carboxylic acids is 2. The zero-order valence-electron chi connectivity index (χ0n) is 8.79. The first-order valence-corrected chi connectivity index (χ1v) is 5.90. The van der Waals surface area contributed by atoms with Crippen molar-refractivity contribution in [1.29, 1.82) is 0 Å². The molecule has 5 nitrogen and oxygen atoms in total. The molecule has 1 heterocycles. The highest BCUT2D eigenvalue weighted by molar-refractivity contribution is 8.15. The molecule has 90 valence electrons. The van der Waals surface area contributed by atoms with E-state index < -0.39 is 11.5 Å². The number of carbonyl (C=O) groups is 2. The molecule has 3 N–H and O–H groups in total. The summed E-state index contributed by atoms with van der Waals surface area (Å²) in [6.45, 7) is 0. The molecule has 0 aliphatic carbocycles. The molecule has 2 rings (SSSR count). The fraction of sp³-hybridized carbons (Fsp3) is 0.273. The van der Waals surface area contributed by atoms with Crippen molar-refractivity contribution >= 4 is 22.9 Å². The SMILES string of the molecule is O=C1NC(=O)C(Cc2cccc(C(O)O)c2)S1. The van der Waals surface area contributed by atoms with Gasteiger partial charge in [0.15, 0.2) is 6.29 Å². The largest absolute Gasteiger partial charge is 0.364 e. The fourth-order valence-corrected chi connectivity index (χ4v) is 2.48. The minimum absolute atomic E-state index is 0.296. The van der Waals surface area contributed by atoms with Crippen LogP contribution < -0.4 is 5.32 Å². The number of thioether (sulfide) groups is 1. The molecule has 0 saturated carbocycles. The van der Waals surface area contributed by atoms with E-state index in [1.807, 2.05) is 0 Å². The van der Waals surface area contributed by atoms with Crippen molar-refractivity contribution < 1.29 is 19.8 Å². The van der Waals surface area contributed by atoms with Crippen LogP contribution in [0.25, 0.3) is 0 Å². The molecule has 1 atom stereocenters. The summed E-state index contributed by atoms with van der Waals surface area (Å²) in [5.41, 5.74) is 1.16. The molecule has 1 saturated heterocycles. The topological polar surface area (TPSA) is 86.6 Å². The molecule has 1 aliphatic rings. The van der Waals surface area contributed by atoms with Crippen LogP contribution in [0.15, 0.2) is 24.3 Å². The number of aliphatic hydroxyl groups excluding tert-OH is 1. The molecule has 1 aromatic rings. The van der Waals surface area contributed by atoms with Gasteiger partial charge in [0.2, 0.25) is 5.91 Å². The van der Waals surface area contributed by atoms with Crippen LogP contribution in [0.2, 0.25) is 0 Å². The standard InChI is InChI=1S/C11H11NO4S/c13-9-8(17-11(16)12-9)5-6-2-1-3-7(4-6)10(14)15/h1-4,8,10,14-15H,5H2,(H,12,13,16). The minimum atomic E-state index is -1.53. The van der Waals surface area contributed by atoms with Crippen molar-refractivity contribution in [2.24, 2.45) is 0 Å². The number of aliphatic hydroxyl groups is 2. The second-order valence-corrected chi connectivity index (χ2v) is 4.88. The van der Waals surface area contributed by atoms with E-state index in [4.69, 9.17) is 10.2 Å². The van der Waals surface area contributed by atoms with Gasteiger partial charge < -0.3 is 10.2 Å². The van der Waals surface area contributed by atoms with Gasteiger partial charge in [-0.05, 0) is 12.0 Å². The van der Waals surface area contributed by atoms with E-state index in [0.717, 1.165) is 17.3 Å². The zero-order chi connectivity index (χ0) is 12.4. The molecule has 0 radical (unpaired) electrons. The van der Waals surface area contributed by atoms with Gasteiger partial charge in [0, 0.05) is 5.56 Å². The normalized spacial score (nSPS) is 19.8. The lowest BCUT2D eigenvalue weighted by molar-refractivity contribution is -0.118. The monoisotopic (exact) mass is 253 g/mol. The maximum atomic E-state index is 11.4. The number of amides is 2. The Morgan fingerprint density at radius 1 is 1.35 bits per heavy atom. The Morgan fingerprint density at radius 3 is 2.71 bits per heavy atom. The number of nitrogens with one attached hydrogen (secondary N) is 1. The molecule has 0 spiro atoms. The number of benzene rings is 1. The van der Waals surface area contributed by atoms with Gasteiger partial charge in [-0.3, -0.25) is 14.9 Å². The predicted molar refractivity (Wildman–Crippen MR) is 62.2 cm³/mol. The van der Waals surface area contributed by atoms with Crippen LogP contribution in [0.5, 0.6) is 0 Å². The lowest BCUT2D eigenvalue weighted by atomic mass is 10.1. The Hall–Kier alpha value is -1.37. The van der Waals surface area contributed by atoms with E-state index in [-0.39, 0.29) is 11.1 Å². The van der Waals surface area contributed by atoms with Crippen LogP contribution in [0.3, 0.4) is 0 Å². The Labute approximate surface area is 102 Å². The molecular formula is C11H11NO4S. The molecule has 2 amide bonds. The molecule has 17 heavy (non-hydrogen) atoms. The smallest absolute Gasteiger partial charge is 0.286 e. The first kappa shape index (κ1) is 12.1. The van der Waals surface area contributed by atoms with Gasteiger partial charge in [0.1, 0.15) is 0 Å². The average Bonchev–Trinajstić information content (AvgIpc) is 2.58. The number of hydrogen-bond acceptors (Lipinski definition) is 5. The van der Waals surface area contributed by atoms with Crippen LogP contribution in [-0.4, -0.2) is 26.6 Å². The molecule has 1 unspecified atom stereocenters. The van der Waals surface area contributed by atoms with Crippen LogP contribution in [0, 0.1) is 0 Å². The van der Waals surface area contributed by atoms with Crippen molar-refractivity contribution in [3.63, 3.8) is 0 Å². The van der Waals surface area contributed by atoms with Gasteiger partial charge >= 0.3 is 0 Å². The van der Waals surface area contributed by atoms with E-state index in [1.165, 1.54) is 0 Å². The first-order valence-electron chi connectivity index (χ1n) is 5.02. The van der Waals surface area contributed by atoms with Gasteiger partial charge in [-0.1, -0.05) is 36.0 Å². The lowest BCUT2D eigenvalue weighted by Crippen LogP contribution is -2.25. The summed E-state index contributed by atoms with van der Waals surface area (Å²) in [7, 11) is 0. The third-order valence-electron chi connectivity index (χ3n) is 2.44. The third kappa shape index (κ3) is 2.85. The summed E-state index contributed by atoms with van der Waals surface area (Å²) in [6.07, 6.45) is -1.13. The fourth-order valence-electron chi connectivity index (χ4n) is 1.62. The van der Waals surface area contributed by atoms with Crippen molar-refractivity contribution in [2.45, 2.75) is 18.0 Å². The number of hydrogen-bond donors (Lipinski definition) is 3. The summed E-state index contributed by atoms with van der Waals surface area (Å²) in [5.74, 6) is -0.296. The summed E-state index contributed by atoms with van der Waals surface area (Å²) in [4.78, 5) is 22.3. The number of imide groups is 1. The predicted octanol–water partition coefficient (Wildman–Crippen LogP) is 0.564. The quantitative estimate of drug-likeness (QED) is 0.685. The molecule has 1 aromatic carbocycles. The second kappa shape index (κ2) is 4.87. The van der Waals surface area contributed by atoms with Crippen molar-refractivity contribution in [2.75, 3.05) is 0 Å². The van der Waals surface area contributed by atoms with Crippen LogP contribution in [0.4, 0.5) is 4.79 Å². The van der Waals surface area contributed by atoms with E-state index in [2.05, 4.69) is 5.32 Å². The Morgan fingerprint density at radius 2 is 2.12 bits per heavy atom. The first-order chi connectivity index (χ1) is 8.06. The van der Waals surface area contributed by atoms with Crippen LogP contribution in [-0.2, 0) is 11.2 Å². The molecule has 6 heteroatoms.